The van der Waals surface area contributed by atoms with Gasteiger partial charge in [0.2, 0.25) is 5.91 Å². The Kier molecular flexibility index (Phi) is 3.57. The largest absolute Gasteiger partial charge is 0.373 e. The Labute approximate surface area is 151 Å². The van der Waals surface area contributed by atoms with Crippen LogP contribution in [0.25, 0.3) is 0 Å². The highest BCUT2D eigenvalue weighted by Gasteiger charge is 2.56. The van der Waals surface area contributed by atoms with Gasteiger partial charge < -0.3 is 4.90 Å². The van der Waals surface area contributed by atoms with Crippen LogP contribution in [-0.2, 0) is 16.0 Å². The van der Waals surface area contributed by atoms with Crippen LogP contribution in [0.3, 0.4) is 0 Å². The molecule has 0 radical (unpaired) electrons. The molecule has 6 nitrogen and oxygen atoms in total. The van der Waals surface area contributed by atoms with Gasteiger partial charge >= 0.3 is 6.03 Å². The molecule has 1 spiro atoms. The average molecular weight is 349 g/mol. The van der Waals surface area contributed by atoms with Gasteiger partial charge in [-0.05, 0) is 37.1 Å². The number of aryl methyl sites for hydroxylation is 1. The minimum atomic E-state index is -1.32. The minimum absolute atomic E-state index is 0.227. The minimum Gasteiger partial charge on any atom is -0.373 e. The first kappa shape index (κ1) is 16.3. The molecule has 0 saturated carbocycles. The second-order valence-electron chi connectivity index (χ2n) is 6.98. The first-order valence-electron chi connectivity index (χ1n) is 8.48. The fourth-order valence-electron chi connectivity index (χ4n) is 3.88. The first-order valence-corrected chi connectivity index (χ1v) is 8.48. The van der Waals surface area contributed by atoms with Crippen LogP contribution in [0.5, 0.6) is 0 Å². The molecule has 26 heavy (non-hydrogen) atoms. The van der Waals surface area contributed by atoms with E-state index in [2.05, 4.69) is 5.32 Å². The Bertz CT molecular complexity index is 925. The van der Waals surface area contributed by atoms with Crippen molar-refractivity contribution >= 4 is 29.2 Å². The number of barbiturate groups is 1. The third-order valence-corrected chi connectivity index (χ3v) is 5.13. The van der Waals surface area contributed by atoms with Crippen LogP contribution in [0, 0.1) is 12.3 Å². The van der Waals surface area contributed by atoms with Crippen LogP contribution in [0.2, 0.25) is 0 Å². The highest BCUT2D eigenvalue weighted by atomic mass is 16.2. The van der Waals surface area contributed by atoms with Crippen molar-refractivity contribution in [2.24, 2.45) is 5.41 Å². The zero-order valence-corrected chi connectivity index (χ0v) is 14.7. The van der Waals surface area contributed by atoms with Crippen LogP contribution in [-0.4, -0.2) is 31.4 Å². The molecule has 2 aliphatic heterocycles. The van der Waals surface area contributed by atoms with Gasteiger partial charge in [0.05, 0.1) is 5.69 Å². The zero-order valence-electron chi connectivity index (χ0n) is 14.7. The van der Waals surface area contributed by atoms with Crippen molar-refractivity contribution in [3.8, 4) is 0 Å². The number of nitrogens with one attached hydrogen (secondary N) is 1. The Hall–Kier alpha value is -3.15. The van der Waals surface area contributed by atoms with Crippen LogP contribution < -0.4 is 15.1 Å². The van der Waals surface area contributed by atoms with E-state index in [-0.39, 0.29) is 13.0 Å². The van der Waals surface area contributed by atoms with Gasteiger partial charge in [-0.2, -0.15) is 0 Å². The maximum atomic E-state index is 13.4. The summed E-state index contributed by atoms with van der Waals surface area (Å²) in [6.07, 6.45) is 0.273. The molecular formula is C20H19N3O3. The number of hydrogen-bond acceptors (Lipinski definition) is 4. The molecule has 2 heterocycles. The molecule has 2 aromatic rings. The standard InChI is InChI=1S/C20H19N3O3/c1-13-8-9-16-14(10-13)11-20(12-22(16)2)17(24)21-19(26)23(18(20)25)15-6-4-3-5-7-15/h3-10H,11-12H2,1-2H3,(H,21,24,26)/t20-/m0/s1. The maximum Gasteiger partial charge on any atom is 0.335 e. The number of carbonyl (C=O) groups excluding carboxylic acids is 3. The summed E-state index contributed by atoms with van der Waals surface area (Å²) in [6.45, 7) is 2.20. The molecule has 0 aromatic heterocycles. The third-order valence-electron chi connectivity index (χ3n) is 5.13. The molecule has 2 aromatic carbocycles. The van der Waals surface area contributed by atoms with Crippen molar-refractivity contribution in [3.05, 3.63) is 59.7 Å². The smallest absolute Gasteiger partial charge is 0.335 e. The van der Waals surface area contributed by atoms with Gasteiger partial charge in [0.25, 0.3) is 5.91 Å². The number of para-hydroxylation sites is 1. The number of anilines is 2. The molecule has 2 aliphatic rings. The number of hydrogen-bond donors (Lipinski definition) is 1. The van der Waals surface area contributed by atoms with E-state index in [1.807, 2.05) is 43.1 Å². The highest BCUT2D eigenvalue weighted by Crippen LogP contribution is 2.40. The number of carbonyl (C=O) groups is 3. The number of urea groups is 1. The molecule has 6 heteroatoms. The van der Waals surface area contributed by atoms with Crippen molar-refractivity contribution in [2.75, 3.05) is 23.4 Å². The van der Waals surface area contributed by atoms with E-state index < -0.39 is 23.3 Å². The van der Waals surface area contributed by atoms with Gasteiger partial charge in [0, 0.05) is 19.3 Å². The second kappa shape index (κ2) is 5.69. The molecule has 1 atom stereocenters. The van der Waals surface area contributed by atoms with Crippen LogP contribution >= 0.6 is 0 Å². The van der Waals surface area contributed by atoms with E-state index in [1.165, 1.54) is 0 Å². The Morgan fingerprint density at radius 2 is 1.77 bits per heavy atom. The number of fused-ring (bicyclic) bond motifs is 1. The van der Waals surface area contributed by atoms with E-state index in [9.17, 15) is 14.4 Å². The molecule has 132 valence electrons. The van der Waals surface area contributed by atoms with Crippen LogP contribution in [0.15, 0.2) is 48.5 Å². The van der Waals surface area contributed by atoms with Crippen molar-refractivity contribution in [2.45, 2.75) is 13.3 Å². The Morgan fingerprint density at radius 1 is 1.04 bits per heavy atom. The average Bonchev–Trinajstić information content (AvgIpc) is 2.61. The van der Waals surface area contributed by atoms with Crippen molar-refractivity contribution < 1.29 is 14.4 Å². The fraction of sp³-hybridized carbons (Fsp3) is 0.250. The van der Waals surface area contributed by atoms with E-state index in [1.54, 1.807) is 24.3 Å². The summed E-state index contributed by atoms with van der Waals surface area (Å²) in [5.41, 5.74) is 2.14. The third kappa shape index (κ3) is 2.29. The predicted molar refractivity (Wildman–Crippen MR) is 98.1 cm³/mol. The number of nitrogens with zero attached hydrogens (tertiary/aromatic N) is 2. The normalized spacial score (nSPS) is 22.5. The molecule has 0 unspecified atom stereocenters. The van der Waals surface area contributed by atoms with Gasteiger partial charge in [-0.3, -0.25) is 14.9 Å². The Morgan fingerprint density at radius 3 is 2.50 bits per heavy atom. The molecule has 4 amide bonds. The lowest BCUT2D eigenvalue weighted by molar-refractivity contribution is -0.142. The lowest BCUT2D eigenvalue weighted by Gasteiger charge is -2.45. The highest BCUT2D eigenvalue weighted by molar-refractivity contribution is 6.30. The lowest BCUT2D eigenvalue weighted by Crippen LogP contribution is -2.68. The van der Waals surface area contributed by atoms with Crippen molar-refractivity contribution in [1.29, 1.82) is 0 Å². The predicted octanol–water partition coefficient (Wildman–Crippen LogP) is 2.26. The summed E-state index contributed by atoms with van der Waals surface area (Å²) < 4.78 is 0. The van der Waals surface area contributed by atoms with Crippen molar-refractivity contribution in [1.82, 2.24) is 5.32 Å². The van der Waals surface area contributed by atoms with Crippen LogP contribution in [0.1, 0.15) is 11.1 Å². The molecule has 1 saturated heterocycles. The van der Waals surface area contributed by atoms with Gasteiger partial charge in [0.1, 0.15) is 0 Å². The summed E-state index contributed by atoms with van der Waals surface area (Å²) in [7, 11) is 1.86. The summed E-state index contributed by atoms with van der Waals surface area (Å²) in [5, 5.41) is 2.39. The SMILES string of the molecule is Cc1ccc2c(c1)C[C@]1(CN2C)C(=O)NC(=O)N(c2ccccc2)C1=O. The maximum absolute atomic E-state index is 13.4. The fourth-order valence-corrected chi connectivity index (χ4v) is 3.88. The number of amides is 4. The summed E-state index contributed by atoms with van der Waals surface area (Å²) in [4.78, 5) is 41.6. The second-order valence-corrected chi connectivity index (χ2v) is 6.98. The molecule has 1 fully saturated rings. The molecule has 4 rings (SSSR count). The van der Waals surface area contributed by atoms with E-state index in [0.29, 0.717) is 5.69 Å². The number of benzene rings is 2. The van der Waals surface area contributed by atoms with Crippen molar-refractivity contribution in [3.63, 3.8) is 0 Å². The molecule has 1 N–H and O–H groups in total. The van der Waals surface area contributed by atoms with Crippen LogP contribution in [0.4, 0.5) is 16.2 Å². The van der Waals surface area contributed by atoms with Gasteiger partial charge in [-0.1, -0.05) is 35.9 Å². The number of rotatable bonds is 1. The van der Waals surface area contributed by atoms with E-state index in [0.717, 1.165) is 21.7 Å². The van der Waals surface area contributed by atoms with E-state index in [4.69, 9.17) is 0 Å². The zero-order chi connectivity index (χ0) is 18.5. The van der Waals surface area contributed by atoms with E-state index >= 15 is 0 Å². The lowest BCUT2D eigenvalue weighted by atomic mass is 9.74. The molecular weight excluding hydrogens is 330 g/mol. The summed E-state index contributed by atoms with van der Waals surface area (Å²) >= 11 is 0. The summed E-state index contributed by atoms with van der Waals surface area (Å²) in [5.74, 6) is -1.00. The monoisotopic (exact) mass is 349 g/mol. The summed E-state index contributed by atoms with van der Waals surface area (Å²) in [6, 6.07) is 14.0. The first-order chi connectivity index (χ1) is 12.4. The van der Waals surface area contributed by atoms with Gasteiger partial charge in [-0.25, -0.2) is 9.69 Å². The van der Waals surface area contributed by atoms with Gasteiger partial charge in [0.15, 0.2) is 5.41 Å². The molecule has 0 bridgehead atoms. The number of imide groups is 2. The quantitative estimate of drug-likeness (QED) is 0.802. The topological polar surface area (TPSA) is 69.7 Å². The Balaban J connectivity index is 1.81. The molecule has 0 aliphatic carbocycles. The van der Waals surface area contributed by atoms with Gasteiger partial charge in [-0.15, -0.1) is 0 Å².